The summed E-state index contributed by atoms with van der Waals surface area (Å²) in [4.78, 5) is 26.7. The first-order valence-electron chi connectivity index (χ1n) is 10.2. The van der Waals surface area contributed by atoms with Gasteiger partial charge in [0.05, 0.1) is 12.2 Å². The summed E-state index contributed by atoms with van der Waals surface area (Å²) in [5.74, 6) is -0.992. The summed E-state index contributed by atoms with van der Waals surface area (Å²) < 4.78 is 13.9. The van der Waals surface area contributed by atoms with E-state index in [-0.39, 0.29) is 36.2 Å². The number of fused-ring (bicyclic) bond motifs is 1. The van der Waals surface area contributed by atoms with E-state index in [4.69, 9.17) is 11.5 Å². The van der Waals surface area contributed by atoms with Crippen LogP contribution in [0.4, 0.5) is 10.2 Å². The van der Waals surface area contributed by atoms with Gasteiger partial charge in [0.15, 0.2) is 5.82 Å². The van der Waals surface area contributed by atoms with E-state index in [1.54, 1.807) is 0 Å². The van der Waals surface area contributed by atoms with E-state index in [1.807, 2.05) is 12.1 Å². The highest BCUT2D eigenvalue weighted by Gasteiger charge is 2.35. The minimum atomic E-state index is -1.16. The van der Waals surface area contributed by atoms with Crippen LogP contribution < -0.4 is 22.4 Å². The fourth-order valence-corrected chi connectivity index (χ4v) is 4.42. The van der Waals surface area contributed by atoms with Crippen LogP contribution >= 0.6 is 0 Å². The van der Waals surface area contributed by atoms with Gasteiger partial charge in [0.2, 0.25) is 5.91 Å². The average Bonchev–Trinajstić information content (AvgIpc) is 3.30. The fraction of sp³-hybridized carbons (Fsp3) is 0.381. The number of halogens is 1. The van der Waals surface area contributed by atoms with E-state index < -0.39 is 18.2 Å². The Bertz CT molecular complexity index is 1020. The fourth-order valence-electron chi connectivity index (χ4n) is 4.42. The standard InChI is InChI=1S/C21H26FN7O2/c1-2-17(30)28-11-15(22)10-16(28)25-27-29-20(23)18(21(24)31)19(26-29)14-8-7-12-5-3-4-6-13(12)9-14/h2-6,14-16,25,27H,1,7-11,23H2,(H2,24,31)/t14?,15-,16-/m1/s1. The number of aryl methyl sites for hydroxylation is 1. The van der Waals surface area contributed by atoms with Gasteiger partial charge < -0.3 is 16.4 Å². The molecule has 0 saturated carbocycles. The summed E-state index contributed by atoms with van der Waals surface area (Å²) in [6.07, 6.45) is 1.88. The van der Waals surface area contributed by atoms with Gasteiger partial charge in [-0.05, 0) is 36.5 Å². The molecule has 2 aromatic rings. The molecule has 9 nitrogen and oxygen atoms in total. The molecule has 1 aliphatic heterocycles. The Labute approximate surface area is 179 Å². The molecule has 1 aliphatic carbocycles. The van der Waals surface area contributed by atoms with Gasteiger partial charge in [-0.2, -0.15) is 10.5 Å². The van der Waals surface area contributed by atoms with Gasteiger partial charge in [-0.15, -0.1) is 4.79 Å². The van der Waals surface area contributed by atoms with Gasteiger partial charge in [0, 0.05) is 12.3 Å². The van der Waals surface area contributed by atoms with Crippen LogP contribution in [0.3, 0.4) is 0 Å². The SMILES string of the molecule is C=CC(=O)N1C[C@H](F)C[C@@H]1NNn1nc(C2CCc3ccccc3C2)c(C(N)=O)c1N. The molecule has 3 atom stereocenters. The van der Waals surface area contributed by atoms with Crippen LogP contribution in [0.15, 0.2) is 36.9 Å². The van der Waals surface area contributed by atoms with Crippen LogP contribution in [-0.4, -0.2) is 45.5 Å². The highest BCUT2D eigenvalue weighted by molar-refractivity contribution is 5.98. The number of carbonyl (C=O) groups excluding carboxylic acids is 2. The van der Waals surface area contributed by atoms with Crippen molar-refractivity contribution in [3.8, 4) is 0 Å². The predicted molar refractivity (Wildman–Crippen MR) is 114 cm³/mol. The molecular formula is C21H26FN7O2. The number of alkyl halides is 1. The topological polar surface area (TPSA) is 131 Å². The van der Waals surface area contributed by atoms with Crippen molar-refractivity contribution in [1.82, 2.24) is 20.2 Å². The van der Waals surface area contributed by atoms with Gasteiger partial charge in [0.1, 0.15) is 17.9 Å². The molecule has 1 aromatic heterocycles. The molecule has 4 rings (SSSR count). The second-order valence-corrected chi connectivity index (χ2v) is 7.93. The Morgan fingerprint density at radius 3 is 2.74 bits per heavy atom. The first kappa shape index (κ1) is 20.9. The number of benzene rings is 1. The summed E-state index contributed by atoms with van der Waals surface area (Å²) in [6.45, 7) is 3.42. The Balaban J connectivity index is 1.55. The van der Waals surface area contributed by atoms with E-state index in [1.165, 1.54) is 20.8 Å². The molecule has 6 N–H and O–H groups in total. The summed E-state index contributed by atoms with van der Waals surface area (Å²) >= 11 is 0. The predicted octanol–water partition coefficient (Wildman–Crippen LogP) is 0.967. The molecule has 10 heteroatoms. The molecule has 164 valence electrons. The van der Waals surface area contributed by atoms with Gasteiger partial charge in [-0.25, -0.2) is 9.93 Å². The third kappa shape index (κ3) is 3.98. The number of hydrogen-bond acceptors (Lipinski definition) is 6. The number of hydrogen-bond donors (Lipinski definition) is 4. The van der Waals surface area contributed by atoms with Crippen molar-refractivity contribution < 1.29 is 14.0 Å². The number of nitrogens with zero attached hydrogens (tertiary/aromatic N) is 3. The number of primary amides is 1. The van der Waals surface area contributed by atoms with E-state index in [9.17, 15) is 14.0 Å². The van der Waals surface area contributed by atoms with Crippen molar-refractivity contribution in [2.75, 3.05) is 17.8 Å². The number of nitrogens with two attached hydrogens (primary N) is 2. The van der Waals surface area contributed by atoms with Crippen molar-refractivity contribution >= 4 is 17.6 Å². The third-order valence-electron chi connectivity index (χ3n) is 5.97. The zero-order chi connectivity index (χ0) is 22.1. The molecular weight excluding hydrogens is 401 g/mol. The van der Waals surface area contributed by atoms with Crippen molar-refractivity contribution in [1.29, 1.82) is 0 Å². The van der Waals surface area contributed by atoms with Crippen LogP contribution in [0.1, 0.15) is 45.9 Å². The van der Waals surface area contributed by atoms with Crippen LogP contribution in [0.25, 0.3) is 0 Å². The summed E-state index contributed by atoms with van der Waals surface area (Å²) in [7, 11) is 0. The lowest BCUT2D eigenvalue weighted by molar-refractivity contribution is -0.127. The van der Waals surface area contributed by atoms with E-state index in [2.05, 4.69) is 34.8 Å². The Morgan fingerprint density at radius 2 is 2.03 bits per heavy atom. The summed E-state index contributed by atoms with van der Waals surface area (Å²) in [5.41, 5.74) is 20.6. The van der Waals surface area contributed by atoms with Crippen molar-refractivity contribution in [3.05, 3.63) is 59.3 Å². The first-order valence-corrected chi connectivity index (χ1v) is 10.2. The van der Waals surface area contributed by atoms with E-state index >= 15 is 0 Å². The molecule has 2 heterocycles. The number of amides is 2. The maximum Gasteiger partial charge on any atom is 0.254 e. The van der Waals surface area contributed by atoms with Crippen molar-refractivity contribution in [2.45, 2.75) is 43.9 Å². The van der Waals surface area contributed by atoms with Crippen LogP contribution in [0.2, 0.25) is 0 Å². The lowest BCUT2D eigenvalue weighted by Crippen LogP contribution is -2.49. The monoisotopic (exact) mass is 427 g/mol. The molecule has 0 bridgehead atoms. The third-order valence-corrected chi connectivity index (χ3v) is 5.97. The van der Waals surface area contributed by atoms with E-state index in [0.717, 1.165) is 25.3 Å². The highest BCUT2D eigenvalue weighted by Crippen LogP contribution is 2.35. The second kappa shape index (κ2) is 8.38. The number of aromatic nitrogens is 2. The number of carbonyl (C=O) groups is 2. The number of likely N-dealkylation sites (tertiary alicyclic amines) is 1. The first-order chi connectivity index (χ1) is 14.9. The molecule has 2 amide bonds. The molecule has 0 spiro atoms. The lowest BCUT2D eigenvalue weighted by Gasteiger charge is -2.25. The minimum Gasteiger partial charge on any atom is -0.382 e. The van der Waals surface area contributed by atoms with Crippen molar-refractivity contribution in [3.63, 3.8) is 0 Å². The minimum absolute atomic E-state index is 0.0108. The number of nitrogens with one attached hydrogen (secondary N) is 2. The number of rotatable bonds is 6. The second-order valence-electron chi connectivity index (χ2n) is 7.93. The van der Waals surface area contributed by atoms with Crippen LogP contribution in [0.5, 0.6) is 0 Å². The van der Waals surface area contributed by atoms with Crippen LogP contribution in [-0.2, 0) is 17.6 Å². The maximum atomic E-state index is 13.9. The molecule has 31 heavy (non-hydrogen) atoms. The maximum absolute atomic E-state index is 13.9. The zero-order valence-corrected chi connectivity index (χ0v) is 17.1. The van der Waals surface area contributed by atoms with Crippen LogP contribution in [0, 0.1) is 0 Å². The molecule has 1 fully saturated rings. The van der Waals surface area contributed by atoms with Gasteiger partial charge in [0.25, 0.3) is 5.91 Å². The number of anilines is 1. The number of hydrazine groups is 1. The number of nitrogen functional groups attached to an aromatic ring is 1. The molecule has 0 radical (unpaired) electrons. The van der Waals surface area contributed by atoms with Crippen molar-refractivity contribution in [2.24, 2.45) is 5.73 Å². The zero-order valence-electron chi connectivity index (χ0n) is 17.1. The van der Waals surface area contributed by atoms with Gasteiger partial charge in [-0.1, -0.05) is 30.8 Å². The normalized spacial score (nSPS) is 22.7. The molecule has 2 aliphatic rings. The highest BCUT2D eigenvalue weighted by atomic mass is 19.1. The van der Waals surface area contributed by atoms with E-state index in [0.29, 0.717) is 5.69 Å². The summed E-state index contributed by atoms with van der Waals surface area (Å²) in [5, 5.41) is 4.50. The molecule has 1 saturated heterocycles. The summed E-state index contributed by atoms with van der Waals surface area (Å²) in [6, 6.07) is 8.19. The molecule has 1 aromatic carbocycles. The average molecular weight is 427 g/mol. The molecule has 1 unspecified atom stereocenters. The Hall–Kier alpha value is -3.40. The quantitative estimate of drug-likeness (QED) is 0.401. The Morgan fingerprint density at radius 1 is 1.29 bits per heavy atom. The lowest BCUT2D eigenvalue weighted by atomic mass is 9.81. The largest absolute Gasteiger partial charge is 0.382 e. The smallest absolute Gasteiger partial charge is 0.254 e. The Kier molecular flexibility index (Phi) is 5.64. The van der Waals surface area contributed by atoms with Gasteiger partial charge in [-0.3, -0.25) is 9.59 Å². The van der Waals surface area contributed by atoms with Gasteiger partial charge >= 0.3 is 0 Å².